The maximum atomic E-state index is 11.5. The topological polar surface area (TPSA) is 57.0 Å². The fourth-order valence-corrected chi connectivity index (χ4v) is 1.79. The second kappa shape index (κ2) is 5.22. The molecular weight excluding hydrogens is 242 g/mol. The van der Waals surface area contributed by atoms with Crippen LogP contribution in [0.15, 0.2) is 24.5 Å². The molecule has 0 aromatic carbocycles. The van der Waals surface area contributed by atoms with E-state index in [0.717, 1.165) is 16.8 Å². The highest BCUT2D eigenvalue weighted by atomic mass is 16.5. The van der Waals surface area contributed by atoms with E-state index in [1.807, 2.05) is 23.9 Å². The lowest BCUT2D eigenvalue weighted by atomic mass is 10.1. The Morgan fingerprint density at radius 2 is 2.16 bits per heavy atom. The van der Waals surface area contributed by atoms with Gasteiger partial charge in [-0.1, -0.05) is 0 Å². The van der Waals surface area contributed by atoms with Crippen molar-refractivity contribution < 1.29 is 9.53 Å². The molecule has 19 heavy (non-hydrogen) atoms. The van der Waals surface area contributed by atoms with Gasteiger partial charge in [0, 0.05) is 24.0 Å². The summed E-state index contributed by atoms with van der Waals surface area (Å²) in [5.41, 5.74) is 3.00. The minimum atomic E-state index is -0.440. The monoisotopic (exact) mass is 259 g/mol. The van der Waals surface area contributed by atoms with Crippen LogP contribution in [0.25, 0.3) is 11.3 Å². The van der Waals surface area contributed by atoms with Crippen molar-refractivity contribution in [2.45, 2.75) is 26.8 Å². The van der Waals surface area contributed by atoms with Crippen LogP contribution in [0.1, 0.15) is 35.9 Å². The number of ether oxygens (including phenoxy) is 1. The Bertz CT molecular complexity index is 602. The van der Waals surface area contributed by atoms with Gasteiger partial charge in [-0.15, -0.1) is 0 Å². The zero-order chi connectivity index (χ0) is 14.0. The van der Waals surface area contributed by atoms with Crippen LogP contribution >= 0.6 is 0 Å². The molecule has 0 radical (unpaired) electrons. The third-order valence-corrected chi connectivity index (χ3v) is 2.91. The van der Waals surface area contributed by atoms with Crippen molar-refractivity contribution in [2.24, 2.45) is 0 Å². The maximum Gasteiger partial charge on any atom is 0.356 e. The van der Waals surface area contributed by atoms with Crippen molar-refractivity contribution in [3.05, 3.63) is 35.8 Å². The van der Waals surface area contributed by atoms with Gasteiger partial charge < -0.3 is 4.74 Å². The zero-order valence-electron chi connectivity index (χ0n) is 11.5. The molecule has 2 aromatic heterocycles. The summed E-state index contributed by atoms with van der Waals surface area (Å²) in [6, 6.07) is 3.95. The van der Waals surface area contributed by atoms with Gasteiger partial charge in [0.05, 0.1) is 12.8 Å². The minimum absolute atomic E-state index is 0.294. The highest BCUT2D eigenvalue weighted by molar-refractivity contribution is 5.88. The lowest BCUT2D eigenvalue weighted by Gasteiger charge is -2.06. The summed E-state index contributed by atoms with van der Waals surface area (Å²) >= 11 is 0. The average molecular weight is 259 g/mol. The first-order chi connectivity index (χ1) is 9.02. The number of hydrogen-bond acceptors (Lipinski definition) is 4. The Kier molecular flexibility index (Phi) is 3.64. The number of esters is 1. The van der Waals surface area contributed by atoms with Crippen LogP contribution in [0.2, 0.25) is 0 Å². The van der Waals surface area contributed by atoms with E-state index in [4.69, 9.17) is 0 Å². The SMILES string of the molecule is COC(=O)c1cc(-c2ccn(C(C)C)n2)c(C)cn1. The molecule has 0 saturated carbocycles. The van der Waals surface area contributed by atoms with Gasteiger partial charge in [0.2, 0.25) is 0 Å². The molecule has 100 valence electrons. The first-order valence-electron chi connectivity index (χ1n) is 6.13. The second-order valence-corrected chi connectivity index (χ2v) is 4.65. The normalized spacial score (nSPS) is 10.8. The van der Waals surface area contributed by atoms with Crippen LogP contribution in [-0.4, -0.2) is 27.8 Å². The standard InChI is InChI=1S/C14H17N3O2/c1-9(2)17-6-5-12(16-17)11-7-13(14(18)19-4)15-8-10(11)3/h5-9H,1-4H3. The minimum Gasteiger partial charge on any atom is -0.464 e. The van der Waals surface area contributed by atoms with Crippen molar-refractivity contribution in [1.82, 2.24) is 14.8 Å². The molecule has 2 heterocycles. The zero-order valence-corrected chi connectivity index (χ0v) is 11.5. The van der Waals surface area contributed by atoms with Gasteiger partial charge in [-0.25, -0.2) is 9.78 Å². The van der Waals surface area contributed by atoms with E-state index in [0.29, 0.717) is 11.7 Å². The Morgan fingerprint density at radius 1 is 1.42 bits per heavy atom. The molecule has 0 fully saturated rings. The molecule has 0 amide bonds. The van der Waals surface area contributed by atoms with Gasteiger partial charge in [-0.05, 0) is 38.5 Å². The van der Waals surface area contributed by atoms with Gasteiger partial charge >= 0.3 is 5.97 Å². The molecule has 2 aromatic rings. The molecule has 0 unspecified atom stereocenters. The van der Waals surface area contributed by atoms with Gasteiger partial charge in [-0.3, -0.25) is 4.68 Å². The molecular formula is C14H17N3O2. The third kappa shape index (κ3) is 2.65. The number of aryl methyl sites for hydroxylation is 1. The van der Waals surface area contributed by atoms with Crippen molar-refractivity contribution in [3.63, 3.8) is 0 Å². The summed E-state index contributed by atoms with van der Waals surface area (Å²) in [7, 11) is 1.34. The average Bonchev–Trinajstić information content (AvgIpc) is 2.88. The molecule has 0 aliphatic heterocycles. The lowest BCUT2D eigenvalue weighted by molar-refractivity contribution is 0.0594. The fourth-order valence-electron chi connectivity index (χ4n) is 1.79. The molecule has 0 spiro atoms. The molecule has 5 heteroatoms. The largest absolute Gasteiger partial charge is 0.464 e. The summed E-state index contributed by atoms with van der Waals surface area (Å²) in [5, 5.41) is 4.50. The Hall–Kier alpha value is -2.17. The number of methoxy groups -OCH3 is 1. The van der Waals surface area contributed by atoms with Gasteiger partial charge in [0.25, 0.3) is 0 Å². The van der Waals surface area contributed by atoms with Crippen LogP contribution in [-0.2, 0) is 4.74 Å². The Balaban J connectivity index is 2.45. The summed E-state index contributed by atoms with van der Waals surface area (Å²) in [5.74, 6) is -0.440. The van der Waals surface area contributed by atoms with Gasteiger partial charge in [0.1, 0.15) is 5.69 Å². The Morgan fingerprint density at radius 3 is 2.74 bits per heavy atom. The second-order valence-electron chi connectivity index (χ2n) is 4.65. The van der Waals surface area contributed by atoms with E-state index in [2.05, 4.69) is 28.7 Å². The molecule has 0 aliphatic carbocycles. The van der Waals surface area contributed by atoms with E-state index in [1.54, 1.807) is 12.3 Å². The molecule has 0 bridgehead atoms. The van der Waals surface area contributed by atoms with Crippen LogP contribution in [0.5, 0.6) is 0 Å². The molecule has 0 atom stereocenters. The molecule has 0 saturated heterocycles. The highest BCUT2D eigenvalue weighted by Crippen LogP contribution is 2.22. The predicted octanol–water partition coefficient (Wildman–Crippen LogP) is 2.62. The van der Waals surface area contributed by atoms with E-state index >= 15 is 0 Å². The van der Waals surface area contributed by atoms with E-state index < -0.39 is 5.97 Å². The van der Waals surface area contributed by atoms with Crippen LogP contribution in [0.3, 0.4) is 0 Å². The quantitative estimate of drug-likeness (QED) is 0.795. The first-order valence-corrected chi connectivity index (χ1v) is 6.13. The number of carbonyl (C=O) groups is 1. The summed E-state index contributed by atoms with van der Waals surface area (Å²) in [6.07, 6.45) is 3.59. The van der Waals surface area contributed by atoms with E-state index in [9.17, 15) is 4.79 Å². The number of pyridine rings is 1. The van der Waals surface area contributed by atoms with Crippen molar-refractivity contribution >= 4 is 5.97 Å². The number of nitrogens with zero attached hydrogens (tertiary/aromatic N) is 3. The number of aromatic nitrogens is 3. The lowest BCUT2D eigenvalue weighted by Crippen LogP contribution is -2.05. The number of hydrogen-bond donors (Lipinski definition) is 0. The Labute approximate surface area is 112 Å². The fraction of sp³-hybridized carbons (Fsp3) is 0.357. The smallest absolute Gasteiger partial charge is 0.356 e. The predicted molar refractivity (Wildman–Crippen MR) is 71.9 cm³/mol. The highest BCUT2D eigenvalue weighted by Gasteiger charge is 2.13. The van der Waals surface area contributed by atoms with Crippen LogP contribution in [0.4, 0.5) is 0 Å². The summed E-state index contributed by atoms with van der Waals surface area (Å²) < 4.78 is 6.57. The van der Waals surface area contributed by atoms with E-state index in [1.165, 1.54) is 7.11 Å². The van der Waals surface area contributed by atoms with Crippen molar-refractivity contribution in [1.29, 1.82) is 0 Å². The third-order valence-electron chi connectivity index (χ3n) is 2.91. The van der Waals surface area contributed by atoms with Crippen LogP contribution in [0, 0.1) is 6.92 Å². The maximum absolute atomic E-state index is 11.5. The molecule has 5 nitrogen and oxygen atoms in total. The van der Waals surface area contributed by atoms with Gasteiger partial charge in [0.15, 0.2) is 0 Å². The van der Waals surface area contributed by atoms with Gasteiger partial charge in [-0.2, -0.15) is 5.10 Å². The molecule has 0 aliphatic rings. The van der Waals surface area contributed by atoms with Crippen molar-refractivity contribution in [2.75, 3.05) is 7.11 Å². The van der Waals surface area contributed by atoms with Crippen molar-refractivity contribution in [3.8, 4) is 11.3 Å². The molecule has 0 N–H and O–H groups in total. The van der Waals surface area contributed by atoms with E-state index in [-0.39, 0.29) is 0 Å². The van der Waals surface area contributed by atoms with Crippen LogP contribution < -0.4 is 0 Å². The summed E-state index contributed by atoms with van der Waals surface area (Å²) in [6.45, 7) is 6.07. The number of carbonyl (C=O) groups excluding carboxylic acids is 1. The molecule has 2 rings (SSSR count). The first kappa shape index (κ1) is 13.3. The number of rotatable bonds is 3. The summed E-state index contributed by atoms with van der Waals surface area (Å²) in [4.78, 5) is 15.6.